The highest BCUT2D eigenvalue weighted by Gasteiger charge is 2.35. The largest absolute Gasteiger partial charge is 0.368 e. The van der Waals surface area contributed by atoms with E-state index in [0.717, 1.165) is 12.2 Å². The van der Waals surface area contributed by atoms with E-state index in [1.54, 1.807) is 23.1 Å². The first-order valence-corrected chi connectivity index (χ1v) is 11.6. The van der Waals surface area contributed by atoms with Crippen molar-refractivity contribution in [2.45, 2.75) is 50.3 Å². The van der Waals surface area contributed by atoms with Gasteiger partial charge in [0.25, 0.3) is 0 Å². The van der Waals surface area contributed by atoms with Crippen molar-refractivity contribution >= 4 is 34.8 Å². The number of thiophene rings is 1. The minimum Gasteiger partial charge on any atom is -0.368 e. The highest BCUT2D eigenvalue weighted by atomic mass is 32.2. The van der Waals surface area contributed by atoms with Crippen LogP contribution in [0.4, 0.5) is 0 Å². The molecule has 3 atom stereocenters. The average molecular weight is 418 g/mol. The highest BCUT2D eigenvalue weighted by molar-refractivity contribution is 7.99. The van der Waals surface area contributed by atoms with Gasteiger partial charge in [0.1, 0.15) is 12.6 Å². The van der Waals surface area contributed by atoms with E-state index >= 15 is 0 Å². The second-order valence-electron chi connectivity index (χ2n) is 7.57. The van der Waals surface area contributed by atoms with Crippen molar-refractivity contribution in [1.29, 1.82) is 0 Å². The number of rotatable bonds is 8. The zero-order chi connectivity index (χ0) is 20.1. The molecule has 2 aromatic rings. The van der Waals surface area contributed by atoms with Crippen molar-refractivity contribution < 1.29 is 14.3 Å². The molecular weight excluding hydrogens is 390 g/mol. The number of ether oxygens (including phenoxy) is 1. The summed E-state index contributed by atoms with van der Waals surface area (Å²) in [6.45, 7) is 6.15. The van der Waals surface area contributed by atoms with Crippen molar-refractivity contribution in [2.24, 2.45) is 5.92 Å². The second kappa shape index (κ2) is 9.72. The summed E-state index contributed by atoms with van der Waals surface area (Å²) in [7, 11) is 0. The Labute approximate surface area is 175 Å². The summed E-state index contributed by atoms with van der Waals surface area (Å²) in [6, 6.07) is 12.2. The standard InChI is InChI=1S/C22H27NO3S2/c1-14(2)11-20(22(25)23-21-15(3)26-12-18(21)24)28-13-16-6-8-17(9-7-16)19-5-4-10-27-19/h4-10,14-15,20-21H,11-13H2,1-3H3,(H,23,25). The Hall–Kier alpha value is -1.63. The van der Waals surface area contributed by atoms with Crippen molar-refractivity contribution in [3.05, 3.63) is 47.3 Å². The lowest BCUT2D eigenvalue weighted by atomic mass is 10.1. The Morgan fingerprint density at radius 1 is 1.29 bits per heavy atom. The van der Waals surface area contributed by atoms with Gasteiger partial charge in [0.05, 0.1) is 11.4 Å². The number of carbonyl (C=O) groups is 2. The van der Waals surface area contributed by atoms with E-state index in [9.17, 15) is 9.59 Å². The van der Waals surface area contributed by atoms with E-state index in [4.69, 9.17) is 4.74 Å². The number of hydrogen-bond donors (Lipinski definition) is 1. The molecule has 1 N–H and O–H groups in total. The molecule has 6 heteroatoms. The van der Waals surface area contributed by atoms with Crippen LogP contribution < -0.4 is 5.32 Å². The van der Waals surface area contributed by atoms with Gasteiger partial charge in [0, 0.05) is 10.6 Å². The third-order valence-electron chi connectivity index (χ3n) is 4.79. The molecule has 1 aromatic carbocycles. The van der Waals surface area contributed by atoms with Crippen molar-refractivity contribution in [1.82, 2.24) is 5.32 Å². The van der Waals surface area contributed by atoms with Crippen LogP contribution in [-0.4, -0.2) is 35.7 Å². The van der Waals surface area contributed by atoms with Gasteiger partial charge in [-0.25, -0.2) is 0 Å². The average Bonchev–Trinajstić information content (AvgIpc) is 3.31. The number of hydrogen-bond acceptors (Lipinski definition) is 5. The molecule has 0 spiro atoms. The first-order valence-electron chi connectivity index (χ1n) is 9.63. The summed E-state index contributed by atoms with van der Waals surface area (Å²) in [6.07, 6.45) is 0.519. The van der Waals surface area contributed by atoms with Gasteiger partial charge in [-0.05, 0) is 41.8 Å². The fraction of sp³-hybridized carbons (Fsp3) is 0.455. The Morgan fingerprint density at radius 2 is 2.04 bits per heavy atom. The quantitative estimate of drug-likeness (QED) is 0.685. The van der Waals surface area contributed by atoms with Gasteiger partial charge in [-0.1, -0.05) is 44.2 Å². The summed E-state index contributed by atoms with van der Waals surface area (Å²) in [4.78, 5) is 26.0. The fourth-order valence-electron chi connectivity index (χ4n) is 3.19. The van der Waals surface area contributed by atoms with E-state index in [-0.39, 0.29) is 29.7 Å². The van der Waals surface area contributed by atoms with Crippen LogP contribution >= 0.6 is 23.1 Å². The molecule has 0 bridgehead atoms. The molecule has 4 nitrogen and oxygen atoms in total. The third kappa shape index (κ3) is 5.46. The fourth-order valence-corrected chi connectivity index (χ4v) is 5.25. The van der Waals surface area contributed by atoms with E-state index in [1.165, 1.54) is 16.0 Å². The Bertz CT molecular complexity index is 787. The van der Waals surface area contributed by atoms with E-state index in [1.807, 2.05) is 6.92 Å². The molecule has 1 saturated heterocycles. The van der Waals surface area contributed by atoms with E-state index in [2.05, 4.69) is 60.9 Å². The van der Waals surface area contributed by atoms with Gasteiger partial charge in [-0.3, -0.25) is 9.59 Å². The molecule has 2 heterocycles. The molecular formula is C22H27NO3S2. The van der Waals surface area contributed by atoms with Gasteiger partial charge in [0.15, 0.2) is 5.78 Å². The van der Waals surface area contributed by atoms with E-state index < -0.39 is 6.04 Å². The topological polar surface area (TPSA) is 55.4 Å². The predicted octanol–water partition coefficient (Wildman–Crippen LogP) is 4.54. The maximum Gasteiger partial charge on any atom is 0.233 e. The molecule has 28 heavy (non-hydrogen) atoms. The number of ketones is 1. The minimum atomic E-state index is -0.521. The molecule has 0 saturated carbocycles. The highest BCUT2D eigenvalue weighted by Crippen LogP contribution is 2.28. The Balaban J connectivity index is 1.60. The SMILES string of the molecule is CC(C)CC(SCc1ccc(-c2cccs2)cc1)C(=O)NC1C(=O)COC1C. The molecule has 1 aromatic heterocycles. The van der Waals surface area contributed by atoms with Crippen molar-refractivity contribution in [2.75, 3.05) is 6.61 Å². The van der Waals surface area contributed by atoms with Crippen LogP contribution in [0.2, 0.25) is 0 Å². The summed E-state index contributed by atoms with van der Waals surface area (Å²) in [5.74, 6) is 1.06. The van der Waals surface area contributed by atoms with E-state index in [0.29, 0.717) is 5.92 Å². The lowest BCUT2D eigenvalue weighted by Crippen LogP contribution is -2.47. The molecule has 150 valence electrons. The molecule has 1 aliphatic rings. The van der Waals surface area contributed by atoms with Crippen molar-refractivity contribution in [3.8, 4) is 10.4 Å². The Morgan fingerprint density at radius 3 is 2.61 bits per heavy atom. The van der Waals surface area contributed by atoms with Crippen LogP contribution in [0.25, 0.3) is 10.4 Å². The smallest absolute Gasteiger partial charge is 0.233 e. The molecule has 1 aliphatic heterocycles. The predicted molar refractivity (Wildman–Crippen MR) is 117 cm³/mol. The molecule has 3 rings (SSSR count). The third-order valence-corrected chi connectivity index (χ3v) is 7.02. The number of thioether (sulfide) groups is 1. The van der Waals surface area contributed by atoms with Gasteiger partial charge in [0.2, 0.25) is 5.91 Å². The lowest BCUT2D eigenvalue weighted by molar-refractivity contribution is -0.126. The molecule has 0 aliphatic carbocycles. The number of benzene rings is 1. The van der Waals surface area contributed by atoms with Crippen LogP contribution in [0.5, 0.6) is 0 Å². The number of carbonyl (C=O) groups excluding carboxylic acids is 2. The first kappa shape index (κ1) is 21.1. The normalized spacial score (nSPS) is 20.5. The molecule has 3 unspecified atom stereocenters. The van der Waals surface area contributed by atoms with Crippen LogP contribution in [0, 0.1) is 5.92 Å². The van der Waals surface area contributed by atoms with Gasteiger partial charge in [-0.15, -0.1) is 23.1 Å². The summed E-state index contributed by atoms with van der Waals surface area (Å²) in [5, 5.41) is 4.81. The number of amides is 1. The summed E-state index contributed by atoms with van der Waals surface area (Å²) in [5.41, 5.74) is 2.41. The molecule has 1 amide bonds. The van der Waals surface area contributed by atoms with Crippen LogP contribution in [0.3, 0.4) is 0 Å². The number of nitrogens with one attached hydrogen (secondary N) is 1. The van der Waals surface area contributed by atoms with Crippen LogP contribution in [0.15, 0.2) is 41.8 Å². The zero-order valence-corrected chi connectivity index (χ0v) is 18.1. The summed E-state index contributed by atoms with van der Waals surface area (Å²) >= 11 is 3.37. The zero-order valence-electron chi connectivity index (χ0n) is 16.5. The van der Waals surface area contributed by atoms with Gasteiger partial charge >= 0.3 is 0 Å². The minimum absolute atomic E-state index is 0.0432. The second-order valence-corrected chi connectivity index (χ2v) is 9.71. The first-order chi connectivity index (χ1) is 13.4. The van der Waals surface area contributed by atoms with Gasteiger partial charge < -0.3 is 10.1 Å². The maximum absolute atomic E-state index is 12.8. The Kier molecular flexibility index (Phi) is 7.32. The van der Waals surface area contributed by atoms with Crippen molar-refractivity contribution in [3.63, 3.8) is 0 Å². The van der Waals surface area contributed by atoms with Crippen LogP contribution in [0.1, 0.15) is 32.8 Å². The monoisotopic (exact) mass is 417 g/mol. The molecule has 0 radical (unpaired) electrons. The lowest BCUT2D eigenvalue weighted by Gasteiger charge is -2.22. The number of Topliss-reactive ketones (excluding diaryl/α,β-unsaturated/α-hetero) is 1. The maximum atomic E-state index is 12.8. The van der Waals surface area contributed by atoms with Gasteiger partial charge in [-0.2, -0.15) is 0 Å². The molecule has 1 fully saturated rings. The van der Waals surface area contributed by atoms with Crippen LogP contribution in [-0.2, 0) is 20.1 Å². The summed E-state index contributed by atoms with van der Waals surface area (Å²) < 4.78 is 5.34.